The number of nitrogens with zero attached hydrogens (tertiary/aromatic N) is 3. The van der Waals surface area contributed by atoms with Crippen molar-refractivity contribution in [2.24, 2.45) is 0 Å². The van der Waals surface area contributed by atoms with Gasteiger partial charge in [-0.1, -0.05) is 11.8 Å². The zero-order chi connectivity index (χ0) is 11.4. The van der Waals surface area contributed by atoms with Crippen LogP contribution in [0.2, 0.25) is 0 Å². The molecule has 0 atom stereocenters. The minimum atomic E-state index is 0.421. The van der Waals surface area contributed by atoms with Crippen LogP contribution >= 0.6 is 27.7 Å². The van der Waals surface area contributed by atoms with E-state index in [0.717, 1.165) is 14.4 Å². The third-order valence-corrected chi connectivity index (χ3v) is 3.78. The fourth-order valence-corrected chi connectivity index (χ4v) is 2.43. The Morgan fingerprint density at radius 1 is 1.19 bits per heavy atom. The first-order valence-corrected chi connectivity index (χ1v) is 6.05. The van der Waals surface area contributed by atoms with Crippen LogP contribution in [-0.2, 0) is 0 Å². The van der Waals surface area contributed by atoms with Crippen LogP contribution in [0.15, 0.2) is 51.1 Å². The molecule has 0 aromatic carbocycles. The van der Waals surface area contributed by atoms with E-state index in [1.807, 2.05) is 18.2 Å². The summed E-state index contributed by atoms with van der Waals surface area (Å²) >= 11 is 4.84. The lowest BCUT2D eigenvalue weighted by Crippen LogP contribution is -1.87. The second kappa shape index (κ2) is 5.10. The maximum absolute atomic E-state index is 8.91. The van der Waals surface area contributed by atoms with Gasteiger partial charge in [-0.15, -0.1) is 0 Å². The van der Waals surface area contributed by atoms with E-state index in [1.54, 1.807) is 18.5 Å². The van der Waals surface area contributed by atoms with Crippen LogP contribution in [0.4, 0.5) is 0 Å². The van der Waals surface area contributed by atoms with Crippen molar-refractivity contribution in [2.45, 2.75) is 9.92 Å². The van der Waals surface area contributed by atoms with E-state index in [2.05, 4.69) is 32.0 Å². The lowest BCUT2D eigenvalue weighted by molar-refractivity contribution is 1.10. The van der Waals surface area contributed by atoms with Crippen LogP contribution in [-0.4, -0.2) is 9.97 Å². The molecule has 0 aliphatic rings. The molecular weight excluding hydrogens is 286 g/mol. The summed E-state index contributed by atoms with van der Waals surface area (Å²) in [5.74, 6) is 0. The largest absolute Gasteiger partial charge is 0.248 e. The second-order valence-electron chi connectivity index (χ2n) is 2.85. The first-order valence-electron chi connectivity index (χ1n) is 4.45. The molecule has 78 valence electrons. The fraction of sp³-hybridized carbons (Fsp3) is 0. The van der Waals surface area contributed by atoms with Gasteiger partial charge < -0.3 is 0 Å². The number of hydrogen-bond acceptors (Lipinski definition) is 4. The quantitative estimate of drug-likeness (QED) is 0.852. The van der Waals surface area contributed by atoms with Gasteiger partial charge in [-0.05, 0) is 40.2 Å². The van der Waals surface area contributed by atoms with Crippen molar-refractivity contribution >= 4 is 27.7 Å². The van der Waals surface area contributed by atoms with Crippen LogP contribution in [0, 0.1) is 11.3 Å². The molecule has 0 spiro atoms. The highest BCUT2D eigenvalue weighted by Gasteiger charge is 2.07. The van der Waals surface area contributed by atoms with Crippen molar-refractivity contribution in [2.75, 3.05) is 0 Å². The van der Waals surface area contributed by atoms with Crippen molar-refractivity contribution in [3.63, 3.8) is 0 Å². The van der Waals surface area contributed by atoms with E-state index in [1.165, 1.54) is 11.8 Å². The van der Waals surface area contributed by atoms with Crippen molar-refractivity contribution in [1.82, 2.24) is 9.97 Å². The summed E-state index contributed by atoms with van der Waals surface area (Å²) in [7, 11) is 0. The number of aromatic nitrogens is 2. The maximum atomic E-state index is 8.91. The van der Waals surface area contributed by atoms with Crippen molar-refractivity contribution < 1.29 is 0 Å². The van der Waals surface area contributed by atoms with E-state index in [4.69, 9.17) is 5.26 Å². The van der Waals surface area contributed by atoms with Gasteiger partial charge in [0.05, 0.1) is 9.37 Å². The average molecular weight is 292 g/mol. The van der Waals surface area contributed by atoms with E-state index < -0.39 is 0 Å². The molecule has 2 aromatic heterocycles. The van der Waals surface area contributed by atoms with Crippen LogP contribution in [0.3, 0.4) is 0 Å². The Morgan fingerprint density at radius 2 is 1.94 bits per heavy atom. The highest BCUT2D eigenvalue weighted by atomic mass is 79.9. The molecule has 0 N–H and O–H groups in total. The third-order valence-electron chi connectivity index (χ3n) is 1.81. The summed E-state index contributed by atoms with van der Waals surface area (Å²) in [5.41, 5.74) is 0.421. The first kappa shape index (κ1) is 11.1. The Morgan fingerprint density at radius 3 is 2.69 bits per heavy atom. The Balaban J connectivity index is 2.35. The number of pyridine rings is 2. The smallest absolute Gasteiger partial charge is 0.154 e. The van der Waals surface area contributed by atoms with Crippen molar-refractivity contribution in [1.29, 1.82) is 5.26 Å². The van der Waals surface area contributed by atoms with E-state index >= 15 is 0 Å². The van der Waals surface area contributed by atoms with Gasteiger partial charge in [-0.25, -0.2) is 9.97 Å². The molecule has 2 rings (SSSR count). The summed E-state index contributed by atoms with van der Waals surface area (Å²) in [6.45, 7) is 0. The Hall–Kier alpha value is -1.38. The molecule has 2 aromatic rings. The Kier molecular flexibility index (Phi) is 3.54. The second-order valence-corrected chi connectivity index (χ2v) is 4.74. The van der Waals surface area contributed by atoms with Crippen LogP contribution in [0.1, 0.15) is 5.69 Å². The molecule has 0 unspecified atom stereocenters. The Bertz CT molecular complexity index is 551. The minimum Gasteiger partial charge on any atom is -0.248 e. The highest BCUT2D eigenvalue weighted by molar-refractivity contribution is 9.10. The van der Waals surface area contributed by atoms with Crippen LogP contribution in [0.25, 0.3) is 0 Å². The lowest BCUT2D eigenvalue weighted by Gasteiger charge is -2.03. The monoisotopic (exact) mass is 291 g/mol. The molecule has 0 aliphatic carbocycles. The molecule has 0 saturated carbocycles. The molecule has 2 heterocycles. The van der Waals surface area contributed by atoms with E-state index in [0.29, 0.717) is 5.69 Å². The number of rotatable bonds is 2. The SMILES string of the molecule is N#Cc1ncccc1Sc1ncccc1Br. The van der Waals surface area contributed by atoms with Gasteiger partial charge in [0.25, 0.3) is 0 Å². The zero-order valence-electron chi connectivity index (χ0n) is 8.09. The molecule has 0 aliphatic heterocycles. The lowest BCUT2D eigenvalue weighted by atomic mass is 10.4. The predicted molar refractivity (Wildman–Crippen MR) is 65.0 cm³/mol. The van der Waals surface area contributed by atoms with Gasteiger partial charge in [0, 0.05) is 12.4 Å². The number of hydrogen-bond donors (Lipinski definition) is 0. The molecule has 0 fully saturated rings. The molecule has 0 amide bonds. The summed E-state index contributed by atoms with van der Waals surface area (Å²) in [4.78, 5) is 9.04. The summed E-state index contributed by atoms with van der Waals surface area (Å²) < 4.78 is 0.910. The van der Waals surface area contributed by atoms with E-state index in [-0.39, 0.29) is 0 Å². The van der Waals surface area contributed by atoms with Crippen LogP contribution in [0.5, 0.6) is 0 Å². The summed E-state index contributed by atoms with van der Waals surface area (Å²) in [6.07, 6.45) is 3.32. The normalized spacial score (nSPS) is 9.75. The molecule has 5 heteroatoms. The van der Waals surface area contributed by atoms with Gasteiger partial charge in [-0.2, -0.15) is 5.26 Å². The van der Waals surface area contributed by atoms with Crippen molar-refractivity contribution in [3.05, 3.63) is 46.8 Å². The fourth-order valence-electron chi connectivity index (χ4n) is 1.11. The topological polar surface area (TPSA) is 49.6 Å². The molecule has 0 saturated heterocycles. The zero-order valence-corrected chi connectivity index (χ0v) is 10.5. The number of nitriles is 1. The van der Waals surface area contributed by atoms with Crippen molar-refractivity contribution in [3.8, 4) is 6.07 Å². The van der Waals surface area contributed by atoms with Gasteiger partial charge in [0.15, 0.2) is 5.69 Å². The van der Waals surface area contributed by atoms with Gasteiger partial charge in [0.1, 0.15) is 11.1 Å². The third kappa shape index (κ3) is 2.40. The maximum Gasteiger partial charge on any atom is 0.154 e. The minimum absolute atomic E-state index is 0.421. The van der Waals surface area contributed by atoms with E-state index in [9.17, 15) is 0 Å². The van der Waals surface area contributed by atoms with Gasteiger partial charge in [-0.3, -0.25) is 0 Å². The predicted octanol–water partition coefficient (Wildman–Crippen LogP) is 3.26. The highest BCUT2D eigenvalue weighted by Crippen LogP contribution is 2.32. The van der Waals surface area contributed by atoms with Gasteiger partial charge in [0.2, 0.25) is 0 Å². The molecular formula is C11H6BrN3S. The Labute approximate surface area is 106 Å². The molecule has 3 nitrogen and oxygen atoms in total. The molecule has 0 radical (unpaired) electrons. The average Bonchev–Trinajstić information content (AvgIpc) is 2.33. The number of halogens is 1. The van der Waals surface area contributed by atoms with Gasteiger partial charge >= 0.3 is 0 Å². The standard InChI is InChI=1S/C11H6BrN3S/c12-8-3-1-6-15-11(8)16-10-4-2-5-14-9(10)7-13/h1-6H. The van der Waals surface area contributed by atoms with Crippen LogP contribution < -0.4 is 0 Å². The summed E-state index contributed by atoms with van der Waals surface area (Å²) in [5, 5.41) is 9.73. The molecule has 16 heavy (non-hydrogen) atoms. The summed E-state index contributed by atoms with van der Waals surface area (Å²) in [6, 6.07) is 9.49. The molecule has 0 bridgehead atoms. The first-order chi connectivity index (χ1) is 7.81.